The molecule has 1 atom stereocenters. The van der Waals surface area contributed by atoms with Gasteiger partial charge >= 0.3 is 6.03 Å². The molecule has 166 valence electrons. The molecule has 0 bridgehead atoms. The molecule has 2 aromatic rings. The molecular weight excluding hydrogens is 388 g/mol. The van der Waals surface area contributed by atoms with Crippen LogP contribution in [-0.4, -0.2) is 69.3 Å². The van der Waals surface area contributed by atoms with Gasteiger partial charge in [-0.05, 0) is 81.2 Å². The summed E-state index contributed by atoms with van der Waals surface area (Å²) >= 11 is 0. The number of hydrogen-bond acceptors (Lipinski definition) is 4. The summed E-state index contributed by atoms with van der Waals surface area (Å²) in [5, 5.41) is 3.07. The van der Waals surface area contributed by atoms with Crippen molar-refractivity contribution in [2.45, 2.75) is 31.2 Å². The average molecular weight is 423 g/mol. The van der Waals surface area contributed by atoms with Crippen LogP contribution in [0, 0.1) is 0 Å². The number of likely N-dealkylation sites (N-methyl/N-ethyl adjacent to an activating group) is 1. The van der Waals surface area contributed by atoms with E-state index in [1.165, 1.54) is 17.7 Å². The molecule has 6 nitrogen and oxygen atoms in total. The Labute approximate surface area is 185 Å². The van der Waals surface area contributed by atoms with E-state index in [1.807, 2.05) is 29.2 Å². The molecule has 2 aromatic carbocycles. The van der Waals surface area contributed by atoms with Gasteiger partial charge in [0.15, 0.2) is 0 Å². The lowest BCUT2D eigenvalue weighted by molar-refractivity contribution is 0.194. The summed E-state index contributed by atoms with van der Waals surface area (Å²) in [6.07, 6.45) is 3.17. The summed E-state index contributed by atoms with van der Waals surface area (Å²) in [5.74, 6) is 1.38. The lowest BCUT2D eigenvalue weighted by Crippen LogP contribution is -2.40. The van der Waals surface area contributed by atoms with Crippen molar-refractivity contribution in [2.75, 3.05) is 57.6 Å². The zero-order chi connectivity index (χ0) is 21.8. The number of methoxy groups -OCH3 is 1. The van der Waals surface area contributed by atoms with Gasteiger partial charge in [-0.25, -0.2) is 4.79 Å². The van der Waals surface area contributed by atoms with Crippen molar-refractivity contribution >= 4 is 17.4 Å². The number of rotatable bonds is 5. The number of urea groups is 1. The number of amides is 2. The number of likely N-dealkylation sites (tertiary alicyclic amines) is 1. The Kier molecular flexibility index (Phi) is 6.66. The lowest BCUT2D eigenvalue weighted by Gasteiger charge is -2.32. The molecule has 2 amide bonds. The molecule has 1 N–H and O–H groups in total. The van der Waals surface area contributed by atoms with Gasteiger partial charge in [-0.3, -0.25) is 0 Å². The highest BCUT2D eigenvalue weighted by Crippen LogP contribution is 2.30. The Bertz CT molecular complexity index is 858. The fourth-order valence-electron chi connectivity index (χ4n) is 4.65. The van der Waals surface area contributed by atoms with Crippen LogP contribution in [0.5, 0.6) is 5.75 Å². The molecule has 0 spiro atoms. The van der Waals surface area contributed by atoms with Crippen molar-refractivity contribution in [2.24, 2.45) is 0 Å². The lowest BCUT2D eigenvalue weighted by atomic mass is 9.89. The minimum absolute atomic E-state index is 0.00484. The number of nitrogens with zero attached hydrogens (tertiary/aromatic N) is 3. The maximum atomic E-state index is 12.7. The van der Waals surface area contributed by atoms with Crippen LogP contribution in [0.2, 0.25) is 0 Å². The Morgan fingerprint density at radius 3 is 2.23 bits per heavy atom. The number of nitrogens with one attached hydrogen (secondary N) is 1. The van der Waals surface area contributed by atoms with Gasteiger partial charge in [0.2, 0.25) is 0 Å². The zero-order valence-corrected chi connectivity index (χ0v) is 18.9. The maximum Gasteiger partial charge on any atom is 0.321 e. The van der Waals surface area contributed by atoms with Crippen molar-refractivity contribution in [1.82, 2.24) is 9.80 Å². The minimum Gasteiger partial charge on any atom is -0.497 e. The average Bonchev–Trinajstić information content (AvgIpc) is 3.30. The largest absolute Gasteiger partial charge is 0.497 e. The van der Waals surface area contributed by atoms with Crippen molar-refractivity contribution in [3.8, 4) is 5.75 Å². The Morgan fingerprint density at radius 2 is 1.65 bits per heavy atom. The minimum atomic E-state index is -0.00484. The van der Waals surface area contributed by atoms with Crippen LogP contribution in [0.1, 0.15) is 30.7 Å². The number of anilines is 2. The van der Waals surface area contributed by atoms with E-state index in [4.69, 9.17) is 4.74 Å². The number of carbonyl (C=O) groups is 1. The highest BCUT2D eigenvalue weighted by atomic mass is 16.5. The molecule has 1 unspecified atom stereocenters. The molecule has 0 saturated carbocycles. The first kappa shape index (κ1) is 21.5. The molecule has 2 aliphatic heterocycles. The quantitative estimate of drug-likeness (QED) is 0.783. The van der Waals surface area contributed by atoms with E-state index in [0.717, 1.165) is 50.5 Å². The predicted octanol–water partition coefficient (Wildman–Crippen LogP) is 4.25. The molecule has 6 heteroatoms. The molecule has 2 saturated heterocycles. The molecule has 0 aromatic heterocycles. The van der Waals surface area contributed by atoms with Gasteiger partial charge < -0.3 is 24.8 Å². The Balaban J connectivity index is 1.27. The summed E-state index contributed by atoms with van der Waals surface area (Å²) in [4.78, 5) is 19.4. The van der Waals surface area contributed by atoms with E-state index >= 15 is 0 Å². The second-order valence-electron chi connectivity index (χ2n) is 8.86. The molecule has 4 rings (SSSR count). The first-order valence-corrected chi connectivity index (χ1v) is 11.2. The van der Waals surface area contributed by atoms with E-state index in [2.05, 4.69) is 53.5 Å². The summed E-state index contributed by atoms with van der Waals surface area (Å²) in [6, 6.07) is 17.2. The van der Waals surface area contributed by atoms with Crippen LogP contribution < -0.4 is 15.0 Å². The topological polar surface area (TPSA) is 48.1 Å². The summed E-state index contributed by atoms with van der Waals surface area (Å²) < 4.78 is 5.25. The number of ether oxygens (including phenoxy) is 1. The highest BCUT2D eigenvalue weighted by Gasteiger charge is 2.25. The molecule has 0 radical (unpaired) electrons. The van der Waals surface area contributed by atoms with Crippen molar-refractivity contribution < 1.29 is 9.53 Å². The second kappa shape index (κ2) is 9.60. The smallest absolute Gasteiger partial charge is 0.321 e. The highest BCUT2D eigenvalue weighted by molar-refractivity contribution is 5.89. The monoisotopic (exact) mass is 422 g/mol. The Hall–Kier alpha value is -2.73. The second-order valence-corrected chi connectivity index (χ2v) is 8.86. The van der Waals surface area contributed by atoms with Gasteiger partial charge in [0, 0.05) is 43.6 Å². The third kappa shape index (κ3) is 5.13. The summed E-state index contributed by atoms with van der Waals surface area (Å²) in [6.45, 7) is 3.69. The fourth-order valence-corrected chi connectivity index (χ4v) is 4.65. The van der Waals surface area contributed by atoms with Crippen LogP contribution in [0.15, 0.2) is 48.5 Å². The van der Waals surface area contributed by atoms with Crippen molar-refractivity contribution in [3.05, 3.63) is 54.1 Å². The number of carbonyl (C=O) groups excluding carboxylic acids is 1. The molecule has 2 aliphatic rings. The standard InChI is InChI=1S/C25H34N4O2/c1-27(2)23-14-17-29(18-23)22-8-6-21(7-9-22)26-25(30)28-15-12-20(13-16-28)19-4-10-24(31-3)11-5-19/h4-11,20,23H,12-18H2,1-3H3,(H,26,30). The van der Waals surface area contributed by atoms with Gasteiger partial charge in [-0.1, -0.05) is 12.1 Å². The van der Waals surface area contributed by atoms with Gasteiger partial charge in [-0.15, -0.1) is 0 Å². The molecule has 2 heterocycles. The molecular formula is C25H34N4O2. The van der Waals surface area contributed by atoms with Crippen molar-refractivity contribution in [1.29, 1.82) is 0 Å². The third-order valence-corrected chi connectivity index (χ3v) is 6.75. The van der Waals surface area contributed by atoms with Gasteiger partial charge in [0.05, 0.1) is 7.11 Å². The third-order valence-electron chi connectivity index (χ3n) is 6.75. The van der Waals surface area contributed by atoms with E-state index in [9.17, 15) is 4.79 Å². The van der Waals surface area contributed by atoms with E-state index in [-0.39, 0.29) is 6.03 Å². The van der Waals surface area contributed by atoms with Crippen LogP contribution in [-0.2, 0) is 0 Å². The van der Waals surface area contributed by atoms with Gasteiger partial charge in [0.25, 0.3) is 0 Å². The Morgan fingerprint density at radius 1 is 0.968 bits per heavy atom. The SMILES string of the molecule is COc1ccc(C2CCN(C(=O)Nc3ccc(N4CCC(N(C)C)C4)cc3)CC2)cc1. The zero-order valence-electron chi connectivity index (χ0n) is 18.9. The van der Waals surface area contributed by atoms with Crippen LogP contribution in [0.3, 0.4) is 0 Å². The first-order valence-electron chi connectivity index (χ1n) is 11.2. The molecule has 0 aliphatic carbocycles. The van der Waals surface area contributed by atoms with Crippen molar-refractivity contribution in [3.63, 3.8) is 0 Å². The van der Waals surface area contributed by atoms with E-state index in [1.54, 1.807) is 7.11 Å². The molecule has 31 heavy (non-hydrogen) atoms. The summed E-state index contributed by atoms with van der Waals surface area (Å²) in [7, 11) is 5.98. The van der Waals surface area contributed by atoms with Crippen LogP contribution >= 0.6 is 0 Å². The van der Waals surface area contributed by atoms with Gasteiger partial charge in [0.1, 0.15) is 5.75 Å². The normalized spacial score (nSPS) is 19.7. The number of piperidine rings is 1. The van der Waals surface area contributed by atoms with E-state index in [0.29, 0.717) is 12.0 Å². The predicted molar refractivity (Wildman–Crippen MR) is 126 cm³/mol. The van der Waals surface area contributed by atoms with Crippen LogP contribution in [0.25, 0.3) is 0 Å². The molecule has 2 fully saturated rings. The number of hydrogen-bond donors (Lipinski definition) is 1. The maximum absolute atomic E-state index is 12.7. The fraction of sp³-hybridized carbons (Fsp3) is 0.480. The number of benzene rings is 2. The first-order chi connectivity index (χ1) is 15.0. The summed E-state index contributed by atoms with van der Waals surface area (Å²) in [5.41, 5.74) is 3.41. The van der Waals surface area contributed by atoms with E-state index < -0.39 is 0 Å². The van der Waals surface area contributed by atoms with Crippen LogP contribution in [0.4, 0.5) is 16.2 Å². The van der Waals surface area contributed by atoms with Gasteiger partial charge in [-0.2, -0.15) is 0 Å².